The van der Waals surface area contributed by atoms with E-state index in [-0.39, 0.29) is 35.0 Å². The Bertz CT molecular complexity index is 1090. The number of azo groups is 1. The number of H-pyrrole nitrogens is 1. The number of rotatable bonds is 3. The molecule has 1 aliphatic rings. The van der Waals surface area contributed by atoms with Crippen LogP contribution >= 0.6 is 0 Å². The smallest absolute Gasteiger partial charge is 0.295 e. The number of aromatic hydroxyl groups is 1. The summed E-state index contributed by atoms with van der Waals surface area (Å²) in [6.45, 7) is 0.0798. The number of hydrogen-bond donors (Lipinski definition) is 2. The number of carbonyl (C=O) groups is 1. The number of hydrogen-bond acceptors (Lipinski definition) is 7. The number of aromatic nitrogens is 1. The fourth-order valence-electron chi connectivity index (χ4n) is 2.55. The van der Waals surface area contributed by atoms with Gasteiger partial charge >= 0.3 is 0 Å². The molecule has 26 heavy (non-hydrogen) atoms. The van der Waals surface area contributed by atoms with Gasteiger partial charge in [0.15, 0.2) is 17.2 Å². The van der Waals surface area contributed by atoms with Gasteiger partial charge < -0.3 is 19.6 Å². The number of carbonyl (C=O) groups excluding carboxylic acids is 1. The summed E-state index contributed by atoms with van der Waals surface area (Å²) in [7, 11) is 0. The number of nitro groups is 1. The van der Waals surface area contributed by atoms with E-state index in [1.165, 1.54) is 30.3 Å². The lowest BCUT2D eigenvalue weighted by atomic mass is 10.2. The third-order valence-electron chi connectivity index (χ3n) is 3.81. The average molecular weight is 354 g/mol. The molecule has 2 aromatic carbocycles. The van der Waals surface area contributed by atoms with E-state index in [1.54, 1.807) is 6.07 Å². The average Bonchev–Trinajstić information content (AvgIpc) is 3.21. The van der Waals surface area contributed by atoms with Crippen LogP contribution in [-0.2, 0) is 0 Å². The number of amides is 1. The van der Waals surface area contributed by atoms with Crippen molar-refractivity contribution in [1.82, 2.24) is 4.98 Å². The fraction of sp³-hybridized carbons (Fsp3) is 0.0625. The molecule has 0 unspecified atom stereocenters. The van der Waals surface area contributed by atoms with Gasteiger partial charge in [-0.15, -0.1) is 10.2 Å². The molecule has 1 amide bonds. The van der Waals surface area contributed by atoms with Crippen molar-refractivity contribution >= 4 is 28.2 Å². The van der Waals surface area contributed by atoms with Crippen molar-refractivity contribution in [2.75, 3.05) is 6.79 Å². The normalized spacial score (nSPS) is 12.8. The van der Waals surface area contributed by atoms with Gasteiger partial charge in [-0.3, -0.25) is 14.9 Å². The van der Waals surface area contributed by atoms with Gasteiger partial charge in [0.2, 0.25) is 12.7 Å². The van der Waals surface area contributed by atoms with Gasteiger partial charge in [0.1, 0.15) is 0 Å². The molecule has 2 heterocycles. The zero-order chi connectivity index (χ0) is 18.3. The lowest BCUT2D eigenvalue weighted by Gasteiger charge is -1.98. The van der Waals surface area contributed by atoms with Crippen LogP contribution in [0.2, 0.25) is 0 Å². The predicted octanol–water partition coefficient (Wildman–Crippen LogP) is 3.43. The Kier molecular flexibility index (Phi) is 3.50. The minimum Gasteiger partial charge on any atom is -0.493 e. The second-order valence-corrected chi connectivity index (χ2v) is 5.38. The van der Waals surface area contributed by atoms with Crippen LogP contribution in [0, 0.1) is 10.1 Å². The number of ether oxygens (including phenoxy) is 2. The number of nitrogens with zero attached hydrogens (tertiary/aromatic N) is 3. The number of fused-ring (bicyclic) bond motifs is 2. The van der Waals surface area contributed by atoms with Crippen LogP contribution in [0.15, 0.2) is 46.6 Å². The summed E-state index contributed by atoms with van der Waals surface area (Å²) in [5, 5.41) is 28.5. The Balaban J connectivity index is 1.67. The molecular formula is C16H10N4O6. The monoisotopic (exact) mass is 354 g/mol. The zero-order valence-corrected chi connectivity index (χ0v) is 13.0. The molecule has 0 atom stereocenters. The minimum absolute atomic E-state index is 0.0576. The molecule has 0 saturated carbocycles. The van der Waals surface area contributed by atoms with E-state index in [9.17, 15) is 20.0 Å². The molecule has 10 nitrogen and oxygen atoms in total. The minimum atomic E-state index is -0.664. The highest BCUT2D eigenvalue weighted by molar-refractivity contribution is 5.98. The first-order valence-electron chi connectivity index (χ1n) is 7.38. The molecule has 130 valence electrons. The molecule has 3 aromatic rings. The molecule has 0 aliphatic carbocycles. The van der Waals surface area contributed by atoms with Crippen LogP contribution < -0.4 is 9.47 Å². The summed E-state index contributed by atoms with van der Waals surface area (Å²) in [6.07, 6.45) is 0. The van der Waals surface area contributed by atoms with Gasteiger partial charge in [0.05, 0.1) is 10.4 Å². The molecular weight excluding hydrogens is 344 g/mol. The standard InChI is InChI=1S/C16H10N4O6/c21-15(8-1-4-12-13(5-8)26-7-25-12)19-18-14-10-6-9(20(23)24)2-3-11(10)17-16(14)22/h1-6,17,22H,7H2. The van der Waals surface area contributed by atoms with E-state index in [4.69, 9.17) is 9.47 Å². The van der Waals surface area contributed by atoms with Gasteiger partial charge in [0.25, 0.3) is 11.6 Å². The van der Waals surface area contributed by atoms with Crippen LogP contribution in [0.3, 0.4) is 0 Å². The number of nitro benzene ring substituents is 1. The molecule has 0 saturated heterocycles. The number of non-ortho nitro benzene ring substituents is 1. The van der Waals surface area contributed by atoms with Gasteiger partial charge in [-0.05, 0) is 24.3 Å². The molecule has 1 aliphatic heterocycles. The molecule has 2 N–H and O–H groups in total. The maximum Gasteiger partial charge on any atom is 0.295 e. The quantitative estimate of drug-likeness (QED) is 0.419. The number of nitrogens with one attached hydrogen (secondary N) is 1. The molecule has 4 rings (SSSR count). The number of aromatic amines is 1. The molecule has 0 bridgehead atoms. The van der Waals surface area contributed by atoms with E-state index >= 15 is 0 Å². The van der Waals surface area contributed by atoms with Gasteiger partial charge in [-0.1, -0.05) is 0 Å². The second-order valence-electron chi connectivity index (χ2n) is 5.38. The maximum atomic E-state index is 12.2. The van der Waals surface area contributed by atoms with Gasteiger partial charge in [0, 0.05) is 23.1 Å². The molecule has 0 fully saturated rings. The van der Waals surface area contributed by atoms with E-state index < -0.39 is 10.8 Å². The molecule has 0 spiro atoms. The van der Waals surface area contributed by atoms with E-state index in [1.807, 2.05) is 0 Å². The first kappa shape index (κ1) is 15.6. The highest BCUT2D eigenvalue weighted by atomic mass is 16.7. The number of benzene rings is 2. The Morgan fingerprint density at radius 1 is 1.19 bits per heavy atom. The first-order valence-corrected chi connectivity index (χ1v) is 7.38. The van der Waals surface area contributed by atoms with Crippen molar-refractivity contribution < 1.29 is 24.3 Å². The Morgan fingerprint density at radius 3 is 2.81 bits per heavy atom. The van der Waals surface area contributed by atoms with E-state index in [0.29, 0.717) is 17.0 Å². The van der Waals surface area contributed by atoms with Gasteiger partial charge in [-0.25, -0.2) is 0 Å². The topological polar surface area (TPSA) is 139 Å². The van der Waals surface area contributed by atoms with Crippen molar-refractivity contribution in [2.45, 2.75) is 0 Å². The predicted molar refractivity (Wildman–Crippen MR) is 88.0 cm³/mol. The van der Waals surface area contributed by atoms with Crippen molar-refractivity contribution in [3.05, 3.63) is 52.1 Å². The molecule has 1 aromatic heterocycles. The summed E-state index contributed by atoms with van der Waals surface area (Å²) >= 11 is 0. The van der Waals surface area contributed by atoms with Crippen LogP contribution in [0.5, 0.6) is 17.4 Å². The summed E-state index contributed by atoms with van der Waals surface area (Å²) in [5.74, 6) is -0.0538. The van der Waals surface area contributed by atoms with Crippen molar-refractivity contribution in [1.29, 1.82) is 0 Å². The van der Waals surface area contributed by atoms with Crippen molar-refractivity contribution in [3.63, 3.8) is 0 Å². The maximum absolute atomic E-state index is 12.2. The Labute approximate surface area is 144 Å². The highest BCUT2D eigenvalue weighted by Crippen LogP contribution is 2.37. The zero-order valence-electron chi connectivity index (χ0n) is 13.0. The van der Waals surface area contributed by atoms with Gasteiger partial charge in [-0.2, -0.15) is 0 Å². The summed E-state index contributed by atoms with van der Waals surface area (Å²) in [4.78, 5) is 25.2. The highest BCUT2D eigenvalue weighted by Gasteiger charge is 2.18. The van der Waals surface area contributed by atoms with E-state index in [0.717, 1.165) is 0 Å². The Hall–Kier alpha value is -3.95. The van der Waals surface area contributed by atoms with Crippen LogP contribution in [0.25, 0.3) is 10.9 Å². The third-order valence-corrected chi connectivity index (χ3v) is 3.81. The Morgan fingerprint density at radius 2 is 2.00 bits per heavy atom. The second kappa shape index (κ2) is 5.84. The SMILES string of the molecule is O=C(N=Nc1c(O)[nH]c2ccc([N+](=O)[O-])cc12)c1ccc2c(c1)OCO2. The van der Waals surface area contributed by atoms with Crippen LogP contribution in [0.1, 0.15) is 10.4 Å². The van der Waals surface area contributed by atoms with Crippen LogP contribution in [0.4, 0.5) is 11.4 Å². The fourth-order valence-corrected chi connectivity index (χ4v) is 2.55. The first-order chi connectivity index (χ1) is 12.5. The largest absolute Gasteiger partial charge is 0.493 e. The van der Waals surface area contributed by atoms with Crippen molar-refractivity contribution in [3.8, 4) is 17.4 Å². The van der Waals surface area contributed by atoms with Crippen LogP contribution in [-0.4, -0.2) is 27.7 Å². The lowest BCUT2D eigenvalue weighted by molar-refractivity contribution is -0.384. The third kappa shape index (κ3) is 2.59. The summed E-state index contributed by atoms with van der Waals surface area (Å²) in [6, 6.07) is 8.53. The summed E-state index contributed by atoms with van der Waals surface area (Å²) < 4.78 is 10.4. The lowest BCUT2D eigenvalue weighted by Crippen LogP contribution is -1.94. The molecule has 0 radical (unpaired) electrons. The molecule has 10 heteroatoms. The van der Waals surface area contributed by atoms with Crippen molar-refractivity contribution in [2.24, 2.45) is 10.2 Å². The van der Waals surface area contributed by atoms with E-state index in [2.05, 4.69) is 15.2 Å². The summed E-state index contributed by atoms with van der Waals surface area (Å²) in [5.41, 5.74) is 0.425.